The molecule has 0 radical (unpaired) electrons. The van der Waals surface area contributed by atoms with Crippen molar-refractivity contribution in [1.29, 1.82) is 0 Å². The van der Waals surface area contributed by atoms with Crippen molar-refractivity contribution in [2.24, 2.45) is 5.92 Å². The Balaban J connectivity index is 1.31. The number of carbonyl (C=O) groups is 2. The second-order valence-corrected chi connectivity index (χ2v) is 10.2. The first-order valence-corrected chi connectivity index (χ1v) is 13.2. The lowest BCUT2D eigenvalue weighted by atomic mass is 9.87. The molecule has 1 saturated heterocycles. The standard InChI is InChI=1S/C30H33FN2O5/c1-19(2)30(35)33-13-12-20-8-9-23(16-26(20)28(33)21-5-3-6-22(31)15-21)37-18-25-10-11-27(38-25)29(34)32-17-24-7-4-14-36-24/h3,5-6,8-11,15-16,19,24,28H,4,7,12-14,17-18H2,1-2H3,(H,32,34)/t24-,28+/m1/s1. The molecule has 1 aromatic heterocycles. The molecule has 1 fully saturated rings. The highest BCUT2D eigenvalue weighted by Gasteiger charge is 2.33. The van der Waals surface area contributed by atoms with Gasteiger partial charge in [0.05, 0.1) is 12.1 Å². The van der Waals surface area contributed by atoms with E-state index in [1.807, 2.05) is 43.0 Å². The predicted octanol–water partition coefficient (Wildman–Crippen LogP) is 5.04. The summed E-state index contributed by atoms with van der Waals surface area (Å²) in [6.07, 6.45) is 2.73. The van der Waals surface area contributed by atoms with Gasteiger partial charge in [-0.2, -0.15) is 0 Å². The van der Waals surface area contributed by atoms with Crippen molar-refractivity contribution < 1.29 is 27.9 Å². The first-order valence-electron chi connectivity index (χ1n) is 13.2. The van der Waals surface area contributed by atoms with Gasteiger partial charge < -0.3 is 24.1 Å². The van der Waals surface area contributed by atoms with Crippen LogP contribution in [-0.4, -0.2) is 42.5 Å². The van der Waals surface area contributed by atoms with Crippen molar-refractivity contribution in [2.45, 2.75) is 51.9 Å². The molecule has 2 atom stereocenters. The number of furan rings is 1. The quantitative estimate of drug-likeness (QED) is 0.450. The van der Waals surface area contributed by atoms with Crippen LogP contribution in [-0.2, 0) is 22.6 Å². The zero-order valence-electron chi connectivity index (χ0n) is 21.7. The predicted molar refractivity (Wildman–Crippen MR) is 139 cm³/mol. The number of amides is 2. The molecule has 0 spiro atoms. The van der Waals surface area contributed by atoms with Gasteiger partial charge in [-0.3, -0.25) is 9.59 Å². The van der Waals surface area contributed by atoms with Crippen LogP contribution in [0, 0.1) is 11.7 Å². The molecular formula is C30H33FN2O5. The van der Waals surface area contributed by atoms with Crippen LogP contribution in [0.25, 0.3) is 0 Å². The maximum atomic E-state index is 14.2. The summed E-state index contributed by atoms with van der Waals surface area (Å²) in [7, 11) is 0. The first-order chi connectivity index (χ1) is 18.4. The lowest BCUT2D eigenvalue weighted by molar-refractivity contribution is -0.136. The zero-order chi connectivity index (χ0) is 26.6. The van der Waals surface area contributed by atoms with Gasteiger partial charge in [0.2, 0.25) is 5.91 Å². The van der Waals surface area contributed by atoms with Crippen LogP contribution in [0.3, 0.4) is 0 Å². The van der Waals surface area contributed by atoms with E-state index in [4.69, 9.17) is 13.9 Å². The van der Waals surface area contributed by atoms with E-state index >= 15 is 0 Å². The van der Waals surface area contributed by atoms with Crippen LogP contribution < -0.4 is 10.1 Å². The zero-order valence-corrected chi connectivity index (χ0v) is 21.7. The number of hydrogen-bond donors (Lipinski definition) is 1. The lowest BCUT2D eigenvalue weighted by Crippen LogP contribution is -2.42. The van der Waals surface area contributed by atoms with Crippen molar-refractivity contribution in [1.82, 2.24) is 10.2 Å². The van der Waals surface area contributed by atoms with Gasteiger partial charge in [-0.1, -0.05) is 32.0 Å². The van der Waals surface area contributed by atoms with E-state index in [0.717, 1.165) is 36.1 Å². The minimum Gasteiger partial charge on any atom is -0.486 e. The Bertz CT molecular complexity index is 1300. The largest absolute Gasteiger partial charge is 0.486 e. The summed E-state index contributed by atoms with van der Waals surface area (Å²) in [4.78, 5) is 27.4. The van der Waals surface area contributed by atoms with Crippen molar-refractivity contribution >= 4 is 11.8 Å². The Labute approximate surface area is 221 Å². The Morgan fingerprint density at radius 1 is 1.16 bits per heavy atom. The fourth-order valence-corrected chi connectivity index (χ4v) is 5.12. The summed E-state index contributed by atoms with van der Waals surface area (Å²) in [5.41, 5.74) is 2.74. The van der Waals surface area contributed by atoms with Gasteiger partial charge in [-0.15, -0.1) is 0 Å². The average Bonchev–Trinajstić information content (AvgIpc) is 3.62. The summed E-state index contributed by atoms with van der Waals surface area (Å²) >= 11 is 0. The van der Waals surface area contributed by atoms with Gasteiger partial charge in [0, 0.05) is 25.6 Å². The minimum absolute atomic E-state index is 0.0251. The summed E-state index contributed by atoms with van der Waals surface area (Å²) in [6.45, 7) is 5.65. The molecule has 5 rings (SSSR count). The molecule has 38 heavy (non-hydrogen) atoms. The van der Waals surface area contributed by atoms with E-state index in [9.17, 15) is 14.0 Å². The number of benzene rings is 2. The molecule has 2 amide bonds. The monoisotopic (exact) mass is 520 g/mol. The van der Waals surface area contributed by atoms with E-state index in [0.29, 0.717) is 31.0 Å². The summed E-state index contributed by atoms with van der Waals surface area (Å²) in [5.74, 6) is 0.565. The fourth-order valence-electron chi connectivity index (χ4n) is 5.12. The number of hydrogen-bond acceptors (Lipinski definition) is 5. The van der Waals surface area contributed by atoms with Crippen LogP contribution in [0.5, 0.6) is 5.75 Å². The molecule has 200 valence electrons. The molecular weight excluding hydrogens is 487 g/mol. The average molecular weight is 521 g/mol. The van der Waals surface area contributed by atoms with Crippen molar-refractivity contribution in [3.05, 3.63) is 88.6 Å². The molecule has 0 aliphatic carbocycles. The third-order valence-electron chi connectivity index (χ3n) is 7.07. The summed E-state index contributed by atoms with van der Waals surface area (Å²) in [6, 6.07) is 15.2. The maximum Gasteiger partial charge on any atom is 0.287 e. The van der Waals surface area contributed by atoms with Crippen LogP contribution >= 0.6 is 0 Å². The fraction of sp³-hybridized carbons (Fsp3) is 0.400. The topological polar surface area (TPSA) is 81.0 Å². The van der Waals surface area contributed by atoms with E-state index in [2.05, 4.69) is 5.32 Å². The number of nitrogens with one attached hydrogen (secondary N) is 1. The van der Waals surface area contributed by atoms with Crippen molar-refractivity contribution in [3.63, 3.8) is 0 Å². The molecule has 0 bridgehead atoms. The van der Waals surface area contributed by atoms with E-state index < -0.39 is 6.04 Å². The molecule has 8 heteroatoms. The highest BCUT2D eigenvalue weighted by Crippen LogP contribution is 2.38. The molecule has 2 aliphatic rings. The Kier molecular flexibility index (Phi) is 7.79. The minimum atomic E-state index is -0.407. The van der Waals surface area contributed by atoms with Gasteiger partial charge in [0.1, 0.15) is 23.9 Å². The number of carbonyl (C=O) groups excluding carboxylic acids is 2. The Morgan fingerprint density at radius 3 is 2.79 bits per heavy atom. The van der Waals surface area contributed by atoms with Crippen LogP contribution in [0.15, 0.2) is 59.0 Å². The molecule has 3 aromatic rings. The van der Waals surface area contributed by atoms with E-state index in [1.165, 1.54) is 12.1 Å². The van der Waals surface area contributed by atoms with Gasteiger partial charge in [-0.05, 0) is 72.4 Å². The van der Waals surface area contributed by atoms with E-state index in [1.54, 1.807) is 18.2 Å². The lowest BCUT2D eigenvalue weighted by Gasteiger charge is -2.39. The van der Waals surface area contributed by atoms with Gasteiger partial charge >= 0.3 is 0 Å². The highest BCUT2D eigenvalue weighted by atomic mass is 19.1. The van der Waals surface area contributed by atoms with Gasteiger partial charge in [0.25, 0.3) is 5.91 Å². The maximum absolute atomic E-state index is 14.2. The van der Waals surface area contributed by atoms with Crippen LogP contribution in [0.2, 0.25) is 0 Å². The SMILES string of the molecule is CC(C)C(=O)N1CCc2ccc(OCc3ccc(C(=O)NC[C@H]4CCCO4)o3)cc2[C@@H]1c1cccc(F)c1. The summed E-state index contributed by atoms with van der Waals surface area (Å²) < 4.78 is 31.4. The molecule has 2 aliphatic heterocycles. The van der Waals surface area contributed by atoms with Crippen molar-refractivity contribution in [3.8, 4) is 5.75 Å². The molecule has 2 aromatic carbocycles. The molecule has 0 saturated carbocycles. The number of nitrogens with zero attached hydrogens (tertiary/aromatic N) is 1. The molecule has 0 unspecified atom stereocenters. The number of rotatable bonds is 8. The highest BCUT2D eigenvalue weighted by molar-refractivity contribution is 5.91. The third kappa shape index (κ3) is 5.75. The summed E-state index contributed by atoms with van der Waals surface area (Å²) in [5, 5.41) is 2.85. The smallest absolute Gasteiger partial charge is 0.287 e. The number of halogens is 1. The second-order valence-electron chi connectivity index (χ2n) is 10.2. The van der Waals surface area contributed by atoms with Crippen molar-refractivity contribution in [2.75, 3.05) is 19.7 Å². The van der Waals surface area contributed by atoms with Gasteiger partial charge in [0.15, 0.2) is 5.76 Å². The van der Waals surface area contributed by atoms with Crippen LogP contribution in [0.1, 0.15) is 65.7 Å². The van der Waals surface area contributed by atoms with Crippen LogP contribution in [0.4, 0.5) is 4.39 Å². The Hall–Kier alpha value is -3.65. The second kappa shape index (κ2) is 11.4. The van der Waals surface area contributed by atoms with E-state index in [-0.39, 0.29) is 42.0 Å². The Morgan fingerprint density at radius 2 is 2.03 bits per heavy atom. The third-order valence-corrected chi connectivity index (χ3v) is 7.07. The molecule has 3 heterocycles. The first kappa shape index (κ1) is 26.0. The molecule has 1 N–H and O–H groups in total. The van der Waals surface area contributed by atoms with Gasteiger partial charge in [-0.25, -0.2) is 4.39 Å². The number of fused-ring (bicyclic) bond motifs is 1. The normalized spacial score (nSPS) is 18.9. The molecule has 7 nitrogen and oxygen atoms in total. The number of ether oxygens (including phenoxy) is 2.